The molecular formula is C31H32FN5OS. The number of hydrogen-bond donors (Lipinski definition) is 2. The van der Waals surface area contributed by atoms with Crippen molar-refractivity contribution in [3.63, 3.8) is 0 Å². The summed E-state index contributed by atoms with van der Waals surface area (Å²) in [6.45, 7) is 8.91. The first-order valence-corrected chi connectivity index (χ1v) is 13.4. The Bertz CT molecular complexity index is 1520. The number of halogens is 1. The van der Waals surface area contributed by atoms with E-state index in [2.05, 4.69) is 77.0 Å². The van der Waals surface area contributed by atoms with E-state index in [-0.39, 0.29) is 30.2 Å². The largest absolute Gasteiger partial charge is 0.352 e. The topological polar surface area (TPSA) is 62.2 Å². The molecule has 1 aliphatic rings. The van der Waals surface area contributed by atoms with Crippen LogP contribution in [0, 0.1) is 33.5 Å². The summed E-state index contributed by atoms with van der Waals surface area (Å²) in [6, 6.07) is 20.0. The maximum absolute atomic E-state index is 13.3. The first-order valence-electron chi connectivity index (χ1n) is 13.0. The number of amides is 1. The van der Waals surface area contributed by atoms with Crippen molar-refractivity contribution in [3.05, 3.63) is 113 Å². The molecule has 2 aromatic carbocycles. The molecule has 6 nitrogen and oxygen atoms in total. The van der Waals surface area contributed by atoms with Crippen molar-refractivity contribution in [2.75, 3.05) is 11.9 Å². The summed E-state index contributed by atoms with van der Waals surface area (Å²) in [5, 5.41) is 6.91. The van der Waals surface area contributed by atoms with Gasteiger partial charge in [0.1, 0.15) is 5.82 Å². The molecule has 2 atom stereocenters. The highest BCUT2D eigenvalue weighted by atomic mass is 32.1. The van der Waals surface area contributed by atoms with Crippen molar-refractivity contribution in [2.24, 2.45) is 0 Å². The molecule has 2 aromatic heterocycles. The van der Waals surface area contributed by atoms with Gasteiger partial charge in [-0.05, 0) is 105 Å². The highest BCUT2D eigenvalue weighted by Gasteiger charge is 2.41. The van der Waals surface area contributed by atoms with Gasteiger partial charge in [0, 0.05) is 41.9 Å². The van der Waals surface area contributed by atoms with Crippen LogP contribution in [0.3, 0.4) is 0 Å². The average molecular weight is 542 g/mol. The molecule has 2 N–H and O–H groups in total. The van der Waals surface area contributed by atoms with E-state index < -0.39 is 0 Å². The summed E-state index contributed by atoms with van der Waals surface area (Å²) < 4.78 is 15.6. The van der Waals surface area contributed by atoms with Crippen LogP contribution in [-0.4, -0.2) is 32.0 Å². The van der Waals surface area contributed by atoms with Crippen LogP contribution in [0.4, 0.5) is 10.1 Å². The van der Waals surface area contributed by atoms with Crippen molar-refractivity contribution < 1.29 is 9.18 Å². The minimum atomic E-state index is -0.344. The van der Waals surface area contributed by atoms with Crippen molar-refractivity contribution in [3.8, 4) is 5.69 Å². The third-order valence-electron chi connectivity index (χ3n) is 7.30. The van der Waals surface area contributed by atoms with Crippen LogP contribution in [0.15, 0.2) is 72.9 Å². The van der Waals surface area contributed by atoms with Gasteiger partial charge < -0.3 is 20.1 Å². The van der Waals surface area contributed by atoms with Gasteiger partial charge in [0.15, 0.2) is 5.11 Å². The Hall–Kier alpha value is -4.04. The molecule has 0 unspecified atom stereocenters. The smallest absolute Gasteiger partial charge is 0.226 e. The summed E-state index contributed by atoms with van der Waals surface area (Å²) in [5.41, 5.74) is 8.39. The number of aryl methyl sites for hydroxylation is 3. The molecule has 0 bridgehead atoms. The Balaban J connectivity index is 1.48. The second-order valence-corrected chi connectivity index (χ2v) is 10.5. The van der Waals surface area contributed by atoms with E-state index in [4.69, 9.17) is 12.2 Å². The fourth-order valence-corrected chi connectivity index (χ4v) is 5.71. The van der Waals surface area contributed by atoms with E-state index in [0.717, 1.165) is 28.3 Å². The van der Waals surface area contributed by atoms with Gasteiger partial charge in [0.2, 0.25) is 5.91 Å². The first-order chi connectivity index (χ1) is 18.7. The van der Waals surface area contributed by atoms with Crippen LogP contribution in [-0.2, 0) is 4.79 Å². The zero-order valence-electron chi connectivity index (χ0n) is 22.5. The van der Waals surface area contributed by atoms with Crippen LogP contribution in [0.2, 0.25) is 0 Å². The van der Waals surface area contributed by atoms with E-state index in [0.29, 0.717) is 17.3 Å². The van der Waals surface area contributed by atoms with Crippen LogP contribution < -0.4 is 10.6 Å². The molecule has 200 valence electrons. The summed E-state index contributed by atoms with van der Waals surface area (Å²) in [4.78, 5) is 19.6. The third kappa shape index (κ3) is 5.43. The summed E-state index contributed by atoms with van der Waals surface area (Å²) >= 11 is 5.81. The molecule has 0 spiro atoms. The van der Waals surface area contributed by atoms with Crippen LogP contribution in [0.5, 0.6) is 0 Å². The summed E-state index contributed by atoms with van der Waals surface area (Å²) in [5.74, 6) is -0.506. The molecule has 1 aliphatic heterocycles. The normalized spacial score (nSPS) is 16.8. The van der Waals surface area contributed by atoms with Gasteiger partial charge in [-0.25, -0.2) is 4.39 Å². The molecule has 0 aliphatic carbocycles. The molecule has 1 saturated heterocycles. The lowest BCUT2D eigenvalue weighted by Crippen LogP contribution is -2.32. The van der Waals surface area contributed by atoms with Gasteiger partial charge in [-0.1, -0.05) is 18.2 Å². The highest BCUT2D eigenvalue weighted by Crippen LogP contribution is 2.41. The minimum Gasteiger partial charge on any atom is -0.352 e. The van der Waals surface area contributed by atoms with Gasteiger partial charge in [-0.2, -0.15) is 0 Å². The second-order valence-electron chi connectivity index (χ2n) is 10.1. The molecule has 0 radical (unpaired) electrons. The Morgan fingerprint density at radius 3 is 2.54 bits per heavy atom. The van der Waals surface area contributed by atoms with Gasteiger partial charge in [-0.3, -0.25) is 9.78 Å². The van der Waals surface area contributed by atoms with Gasteiger partial charge in [-0.15, -0.1) is 0 Å². The molecule has 1 amide bonds. The SMILES string of the molecule is Cc1ccc(C)c(-n2c(C)cc([C@H]3[C@@H](c4ccccn4)NC(=S)N3CCC(=O)Nc3ccc(F)cc3)c2C)c1. The van der Waals surface area contributed by atoms with Crippen LogP contribution in [0.25, 0.3) is 5.69 Å². The number of rotatable bonds is 7. The van der Waals surface area contributed by atoms with Gasteiger partial charge in [0.25, 0.3) is 0 Å². The molecule has 1 fully saturated rings. The van der Waals surface area contributed by atoms with E-state index in [1.807, 2.05) is 18.2 Å². The van der Waals surface area contributed by atoms with E-state index >= 15 is 0 Å². The molecule has 4 aromatic rings. The maximum Gasteiger partial charge on any atom is 0.226 e. The first kappa shape index (κ1) is 26.6. The molecular weight excluding hydrogens is 509 g/mol. The second kappa shape index (κ2) is 11.0. The Labute approximate surface area is 233 Å². The predicted molar refractivity (Wildman–Crippen MR) is 157 cm³/mol. The van der Waals surface area contributed by atoms with Gasteiger partial charge >= 0.3 is 0 Å². The Morgan fingerprint density at radius 1 is 1.05 bits per heavy atom. The lowest BCUT2D eigenvalue weighted by molar-refractivity contribution is -0.116. The number of hydrogen-bond acceptors (Lipinski definition) is 3. The van der Waals surface area contributed by atoms with Crippen LogP contribution in [0.1, 0.15) is 52.3 Å². The predicted octanol–water partition coefficient (Wildman–Crippen LogP) is 6.25. The number of benzene rings is 2. The Morgan fingerprint density at radius 2 is 1.82 bits per heavy atom. The van der Waals surface area contributed by atoms with Crippen molar-refractivity contribution in [1.29, 1.82) is 0 Å². The van der Waals surface area contributed by atoms with E-state index in [9.17, 15) is 9.18 Å². The van der Waals surface area contributed by atoms with Crippen LogP contribution >= 0.6 is 12.2 Å². The number of carbonyl (C=O) groups is 1. The molecule has 39 heavy (non-hydrogen) atoms. The summed E-state index contributed by atoms with van der Waals surface area (Å²) in [6.07, 6.45) is 2.01. The molecule has 5 rings (SSSR count). The van der Waals surface area contributed by atoms with Crippen molar-refractivity contribution >= 4 is 28.9 Å². The quantitative estimate of drug-likeness (QED) is 0.271. The van der Waals surface area contributed by atoms with E-state index in [1.54, 1.807) is 18.3 Å². The number of aromatic nitrogens is 2. The van der Waals surface area contributed by atoms with Gasteiger partial charge in [0.05, 0.1) is 17.8 Å². The highest BCUT2D eigenvalue weighted by molar-refractivity contribution is 7.80. The third-order valence-corrected chi connectivity index (χ3v) is 7.65. The maximum atomic E-state index is 13.3. The molecule has 0 saturated carbocycles. The number of anilines is 1. The number of nitrogens with one attached hydrogen (secondary N) is 2. The zero-order chi connectivity index (χ0) is 27.7. The summed E-state index contributed by atoms with van der Waals surface area (Å²) in [7, 11) is 0. The van der Waals surface area contributed by atoms with Crippen molar-refractivity contribution in [2.45, 2.75) is 46.2 Å². The minimum absolute atomic E-state index is 0.156. The Kier molecular flexibility index (Phi) is 7.48. The van der Waals surface area contributed by atoms with Crippen molar-refractivity contribution in [1.82, 2.24) is 19.8 Å². The zero-order valence-corrected chi connectivity index (χ0v) is 23.3. The molecule has 3 heterocycles. The monoisotopic (exact) mass is 541 g/mol. The lowest BCUT2D eigenvalue weighted by atomic mass is 9.96. The fourth-order valence-electron chi connectivity index (χ4n) is 5.38. The standard InChI is InChI=1S/C31H32FN5OS/c1-19-8-9-20(2)27(17-19)37-21(3)18-25(22(37)4)30-29(26-7-5-6-15-33-26)35-31(39)36(30)16-14-28(38)34-24-12-10-23(32)11-13-24/h5-13,15,17-18,29-30H,14,16H2,1-4H3,(H,34,38)(H,35,39)/t29-,30+/m1/s1. The number of thiocarbonyl (C=S) groups is 1. The molecule has 8 heteroatoms. The number of pyridine rings is 1. The number of nitrogens with zero attached hydrogens (tertiary/aromatic N) is 3. The average Bonchev–Trinajstić information content (AvgIpc) is 3.40. The number of carbonyl (C=O) groups excluding carboxylic acids is 1. The van der Waals surface area contributed by atoms with E-state index in [1.165, 1.54) is 23.3 Å². The fraction of sp³-hybridized carbons (Fsp3) is 0.258. The lowest BCUT2D eigenvalue weighted by Gasteiger charge is -2.28.